The molecule has 0 fully saturated rings. The van der Waals surface area contributed by atoms with Gasteiger partial charge in [0, 0.05) is 19.6 Å². The van der Waals surface area contributed by atoms with Gasteiger partial charge in [0.25, 0.3) is 5.91 Å². The molecule has 1 aromatic rings. The molecule has 0 aromatic heterocycles. The molecular formula is C16H21N3O4. The van der Waals surface area contributed by atoms with E-state index in [1.807, 2.05) is 6.92 Å². The van der Waals surface area contributed by atoms with Crippen molar-refractivity contribution in [1.82, 2.24) is 10.6 Å². The number of fused-ring (bicyclic) bond motifs is 1. The fourth-order valence-electron chi connectivity index (χ4n) is 2.43. The third-order valence-electron chi connectivity index (χ3n) is 3.54. The molecule has 2 rings (SSSR count). The minimum Gasteiger partial charge on any atom is -0.383 e. The number of hydrogen-bond donors (Lipinski definition) is 3. The monoisotopic (exact) mass is 319 g/mol. The number of nitrogens with one attached hydrogen (secondary N) is 3. The van der Waals surface area contributed by atoms with Crippen molar-refractivity contribution < 1.29 is 19.1 Å². The molecule has 2 unspecified atom stereocenters. The van der Waals surface area contributed by atoms with Crippen molar-refractivity contribution >= 4 is 23.4 Å². The lowest BCUT2D eigenvalue weighted by molar-refractivity contribution is -0.122. The standard InChI is InChI=1S/C16H21N3O4/c1-10(9-23-2)17-14(20)8-7-13-16(22)18-12-6-4-3-5-11(12)15(21)19-13/h3-6,10,13H,7-9H2,1-2H3,(H,17,20)(H,18,22)(H,19,21). The van der Waals surface area contributed by atoms with Crippen LogP contribution in [0, 0.1) is 0 Å². The van der Waals surface area contributed by atoms with E-state index in [2.05, 4.69) is 16.0 Å². The zero-order chi connectivity index (χ0) is 16.8. The highest BCUT2D eigenvalue weighted by molar-refractivity contribution is 6.09. The molecule has 7 heteroatoms. The number of anilines is 1. The van der Waals surface area contributed by atoms with Gasteiger partial charge in [-0.3, -0.25) is 14.4 Å². The highest BCUT2D eigenvalue weighted by Gasteiger charge is 2.27. The summed E-state index contributed by atoms with van der Waals surface area (Å²) in [5, 5.41) is 8.15. The SMILES string of the molecule is COCC(C)NC(=O)CCC1NC(=O)c2ccccc2NC1=O. The zero-order valence-electron chi connectivity index (χ0n) is 13.2. The van der Waals surface area contributed by atoms with Gasteiger partial charge in [0.15, 0.2) is 0 Å². The number of carbonyl (C=O) groups excluding carboxylic acids is 3. The minimum absolute atomic E-state index is 0.102. The van der Waals surface area contributed by atoms with Crippen LogP contribution in [-0.4, -0.2) is 43.5 Å². The van der Waals surface area contributed by atoms with E-state index >= 15 is 0 Å². The zero-order valence-corrected chi connectivity index (χ0v) is 13.2. The number of rotatable bonds is 6. The normalized spacial score (nSPS) is 18.3. The number of benzene rings is 1. The molecule has 1 aliphatic heterocycles. The van der Waals surface area contributed by atoms with Gasteiger partial charge in [-0.1, -0.05) is 12.1 Å². The van der Waals surface area contributed by atoms with Crippen LogP contribution < -0.4 is 16.0 Å². The van der Waals surface area contributed by atoms with E-state index < -0.39 is 6.04 Å². The molecule has 1 aliphatic rings. The van der Waals surface area contributed by atoms with E-state index in [0.717, 1.165) is 0 Å². The van der Waals surface area contributed by atoms with Gasteiger partial charge in [0.05, 0.1) is 17.9 Å². The van der Waals surface area contributed by atoms with Crippen molar-refractivity contribution in [3.63, 3.8) is 0 Å². The molecule has 23 heavy (non-hydrogen) atoms. The van der Waals surface area contributed by atoms with Crippen LogP contribution in [0.25, 0.3) is 0 Å². The topological polar surface area (TPSA) is 96.5 Å². The molecule has 2 atom stereocenters. The van der Waals surface area contributed by atoms with Crippen molar-refractivity contribution in [1.29, 1.82) is 0 Å². The molecule has 124 valence electrons. The maximum absolute atomic E-state index is 12.2. The number of methoxy groups -OCH3 is 1. The van der Waals surface area contributed by atoms with Gasteiger partial charge in [0.1, 0.15) is 6.04 Å². The summed E-state index contributed by atoms with van der Waals surface area (Å²) in [6.07, 6.45) is 0.375. The average molecular weight is 319 g/mol. The predicted octanol–water partition coefficient (Wildman–Crippen LogP) is 0.668. The van der Waals surface area contributed by atoms with E-state index in [0.29, 0.717) is 17.9 Å². The van der Waals surface area contributed by atoms with Crippen LogP contribution in [0.4, 0.5) is 5.69 Å². The van der Waals surface area contributed by atoms with Crippen LogP contribution >= 0.6 is 0 Å². The average Bonchev–Trinajstić information content (AvgIpc) is 2.62. The third-order valence-corrected chi connectivity index (χ3v) is 3.54. The first-order valence-electron chi connectivity index (χ1n) is 7.50. The molecule has 0 radical (unpaired) electrons. The highest BCUT2D eigenvalue weighted by atomic mass is 16.5. The van der Waals surface area contributed by atoms with E-state index in [9.17, 15) is 14.4 Å². The fourth-order valence-corrected chi connectivity index (χ4v) is 2.43. The summed E-state index contributed by atoms with van der Waals surface area (Å²) in [5.74, 6) is -0.823. The number of hydrogen-bond acceptors (Lipinski definition) is 4. The Bertz CT molecular complexity index is 603. The van der Waals surface area contributed by atoms with Crippen molar-refractivity contribution in [3.05, 3.63) is 29.8 Å². The summed E-state index contributed by atoms with van der Waals surface area (Å²) < 4.78 is 4.95. The van der Waals surface area contributed by atoms with Gasteiger partial charge in [-0.25, -0.2) is 0 Å². The number of para-hydroxylation sites is 1. The smallest absolute Gasteiger partial charge is 0.254 e. The summed E-state index contributed by atoms with van der Waals surface area (Å²) in [6, 6.07) is 5.96. The molecule has 0 saturated heterocycles. The number of carbonyl (C=O) groups is 3. The van der Waals surface area contributed by atoms with E-state index in [1.54, 1.807) is 31.4 Å². The van der Waals surface area contributed by atoms with Crippen LogP contribution in [0.15, 0.2) is 24.3 Å². The first kappa shape index (κ1) is 17.0. The predicted molar refractivity (Wildman–Crippen MR) is 85.0 cm³/mol. The van der Waals surface area contributed by atoms with Crippen LogP contribution in [0.1, 0.15) is 30.1 Å². The fraction of sp³-hybridized carbons (Fsp3) is 0.438. The Kier molecular flexibility index (Phi) is 5.70. The van der Waals surface area contributed by atoms with Crippen LogP contribution in [0.5, 0.6) is 0 Å². The molecule has 3 amide bonds. The van der Waals surface area contributed by atoms with Crippen molar-refractivity contribution in [2.24, 2.45) is 0 Å². The second-order valence-electron chi connectivity index (χ2n) is 5.52. The minimum atomic E-state index is -0.738. The second kappa shape index (κ2) is 7.73. The highest BCUT2D eigenvalue weighted by Crippen LogP contribution is 2.19. The summed E-state index contributed by atoms with van der Waals surface area (Å²) in [5.41, 5.74) is 0.900. The lowest BCUT2D eigenvalue weighted by atomic mass is 10.1. The Morgan fingerprint density at radius 2 is 2.09 bits per heavy atom. The molecular weight excluding hydrogens is 298 g/mol. The Labute approximate surface area is 134 Å². The summed E-state index contributed by atoms with van der Waals surface area (Å²) >= 11 is 0. The Morgan fingerprint density at radius 1 is 1.35 bits per heavy atom. The van der Waals surface area contributed by atoms with Crippen LogP contribution in [0.3, 0.4) is 0 Å². The van der Waals surface area contributed by atoms with Gasteiger partial charge in [-0.05, 0) is 25.5 Å². The molecule has 0 saturated carbocycles. The maximum atomic E-state index is 12.2. The Balaban J connectivity index is 1.93. The molecule has 7 nitrogen and oxygen atoms in total. The van der Waals surface area contributed by atoms with Gasteiger partial charge in [0.2, 0.25) is 11.8 Å². The van der Waals surface area contributed by atoms with Gasteiger partial charge in [-0.15, -0.1) is 0 Å². The van der Waals surface area contributed by atoms with Gasteiger partial charge < -0.3 is 20.7 Å². The van der Waals surface area contributed by atoms with Crippen molar-refractivity contribution in [3.8, 4) is 0 Å². The van der Waals surface area contributed by atoms with Crippen LogP contribution in [0.2, 0.25) is 0 Å². The first-order chi connectivity index (χ1) is 11.0. The van der Waals surface area contributed by atoms with Crippen molar-refractivity contribution in [2.45, 2.75) is 31.8 Å². The lowest BCUT2D eigenvalue weighted by Gasteiger charge is -2.16. The molecule has 0 spiro atoms. The van der Waals surface area contributed by atoms with Crippen molar-refractivity contribution in [2.75, 3.05) is 19.0 Å². The summed E-state index contributed by atoms with van der Waals surface area (Å²) in [6.45, 7) is 2.25. The lowest BCUT2D eigenvalue weighted by Crippen LogP contribution is -2.42. The Hall–Kier alpha value is -2.41. The van der Waals surface area contributed by atoms with Gasteiger partial charge in [-0.2, -0.15) is 0 Å². The molecule has 1 aromatic carbocycles. The van der Waals surface area contributed by atoms with E-state index in [4.69, 9.17) is 4.74 Å². The molecule has 0 bridgehead atoms. The largest absolute Gasteiger partial charge is 0.383 e. The maximum Gasteiger partial charge on any atom is 0.254 e. The number of ether oxygens (including phenoxy) is 1. The quantitative estimate of drug-likeness (QED) is 0.718. The summed E-state index contributed by atoms with van der Waals surface area (Å²) in [4.78, 5) is 36.2. The third kappa shape index (κ3) is 4.53. The summed E-state index contributed by atoms with van der Waals surface area (Å²) in [7, 11) is 1.56. The molecule has 0 aliphatic carbocycles. The number of amides is 3. The Morgan fingerprint density at radius 3 is 2.83 bits per heavy atom. The van der Waals surface area contributed by atoms with E-state index in [-0.39, 0.29) is 36.6 Å². The second-order valence-corrected chi connectivity index (χ2v) is 5.52. The molecule has 3 N–H and O–H groups in total. The first-order valence-corrected chi connectivity index (χ1v) is 7.50. The van der Waals surface area contributed by atoms with E-state index in [1.165, 1.54) is 0 Å². The van der Waals surface area contributed by atoms with Crippen LogP contribution in [-0.2, 0) is 14.3 Å². The molecule has 1 heterocycles. The van der Waals surface area contributed by atoms with Gasteiger partial charge >= 0.3 is 0 Å².